The monoisotopic (exact) mass is 389 g/mol. The van der Waals surface area contributed by atoms with Crippen LogP contribution in [0.25, 0.3) is 11.3 Å². The summed E-state index contributed by atoms with van der Waals surface area (Å²) in [6.45, 7) is 0.463. The smallest absolute Gasteiger partial charge is 0.226 e. The molecule has 2 aromatic rings. The van der Waals surface area contributed by atoms with E-state index in [0.29, 0.717) is 17.8 Å². The van der Waals surface area contributed by atoms with Gasteiger partial charge in [0.25, 0.3) is 0 Å². The summed E-state index contributed by atoms with van der Waals surface area (Å²) in [4.78, 5) is 31.5. The van der Waals surface area contributed by atoms with Gasteiger partial charge < -0.3 is 16.1 Å². The van der Waals surface area contributed by atoms with E-state index in [1.165, 1.54) is 0 Å². The molecular weight excluding hydrogens is 366 g/mol. The van der Waals surface area contributed by atoms with Gasteiger partial charge in [-0.25, -0.2) is 0 Å². The van der Waals surface area contributed by atoms with E-state index in [4.69, 9.17) is 5.84 Å². The first-order valence-electron chi connectivity index (χ1n) is 9.98. The zero-order valence-electron chi connectivity index (χ0n) is 16.0. The molecule has 5 rings (SSSR count). The number of hydrogen-bond donors (Lipinski definition) is 2. The second-order valence-corrected chi connectivity index (χ2v) is 7.84. The normalized spacial score (nSPS) is 20.6. The van der Waals surface area contributed by atoms with Gasteiger partial charge in [-0.2, -0.15) is 0 Å². The number of nitrogen functional groups attached to an aromatic ring is 1. The third kappa shape index (κ3) is 3.12. The Morgan fingerprint density at radius 2 is 1.97 bits per heavy atom. The molecule has 1 fully saturated rings. The first-order valence-corrected chi connectivity index (χ1v) is 9.98. The van der Waals surface area contributed by atoms with Crippen LogP contribution in [-0.4, -0.2) is 38.8 Å². The number of amides is 1. The van der Waals surface area contributed by atoms with Crippen molar-refractivity contribution in [3.8, 4) is 11.3 Å². The lowest BCUT2D eigenvalue weighted by Gasteiger charge is -2.27. The number of aromatic nitrogens is 2. The van der Waals surface area contributed by atoms with Crippen LogP contribution in [0.4, 0.5) is 5.69 Å². The number of hydrogen-bond acceptors (Lipinski definition) is 5. The van der Waals surface area contributed by atoms with Gasteiger partial charge in [-0.15, -0.1) is 0 Å². The number of ketones is 1. The second-order valence-electron chi connectivity index (χ2n) is 7.84. The van der Waals surface area contributed by atoms with Crippen LogP contribution in [0.5, 0.6) is 0 Å². The van der Waals surface area contributed by atoms with Crippen molar-refractivity contribution in [3.05, 3.63) is 60.1 Å². The summed E-state index contributed by atoms with van der Waals surface area (Å²) >= 11 is 0. The van der Waals surface area contributed by atoms with E-state index in [9.17, 15) is 9.59 Å². The molecule has 1 atom stereocenters. The summed E-state index contributed by atoms with van der Waals surface area (Å²) in [5, 5.41) is 3.52. The Hall–Kier alpha value is -3.35. The van der Waals surface area contributed by atoms with Crippen molar-refractivity contribution >= 4 is 17.4 Å². The Bertz CT molecular complexity index is 1030. The summed E-state index contributed by atoms with van der Waals surface area (Å²) in [6, 6.07) is 3.83. The van der Waals surface area contributed by atoms with Gasteiger partial charge in [0.1, 0.15) is 0 Å². The summed E-state index contributed by atoms with van der Waals surface area (Å²) in [5.74, 6) is 6.57. The highest BCUT2D eigenvalue weighted by Crippen LogP contribution is 2.40. The number of fused-ring (bicyclic) bond motifs is 1. The quantitative estimate of drug-likeness (QED) is 0.784. The molecular formula is C22H23N5O2. The fraction of sp³-hybridized carbons (Fsp3) is 0.318. The minimum absolute atomic E-state index is 0.0607. The van der Waals surface area contributed by atoms with Crippen LogP contribution in [0.2, 0.25) is 0 Å². The zero-order chi connectivity index (χ0) is 20.0. The minimum atomic E-state index is -0.0717. The number of rotatable bonds is 4. The molecule has 0 saturated heterocycles. The number of pyridine rings is 1. The average molecular weight is 389 g/mol. The Morgan fingerprint density at radius 1 is 1.17 bits per heavy atom. The Morgan fingerprint density at radius 3 is 2.66 bits per heavy atom. The van der Waals surface area contributed by atoms with Gasteiger partial charge in [0.15, 0.2) is 5.78 Å². The third-order valence-electron chi connectivity index (χ3n) is 5.76. The number of nitrogens with one attached hydrogen (secondary N) is 1. The summed E-state index contributed by atoms with van der Waals surface area (Å²) in [6.07, 6.45) is 14.2. The molecule has 1 saturated carbocycles. The summed E-state index contributed by atoms with van der Waals surface area (Å²) in [7, 11) is 0. The van der Waals surface area contributed by atoms with Gasteiger partial charge in [0, 0.05) is 29.9 Å². The van der Waals surface area contributed by atoms with Crippen LogP contribution in [0.3, 0.4) is 0 Å². The molecule has 0 spiro atoms. The maximum atomic E-state index is 13.2. The van der Waals surface area contributed by atoms with Crippen molar-refractivity contribution < 1.29 is 9.59 Å². The molecule has 0 aromatic carbocycles. The van der Waals surface area contributed by atoms with Crippen LogP contribution in [0.15, 0.2) is 48.8 Å². The molecule has 1 aliphatic heterocycles. The highest BCUT2D eigenvalue weighted by molar-refractivity contribution is 6.09. The SMILES string of the molecule is Nn1c2c(c(NC3C=CC=CC3)c1-c1ccncc1)C(=O)CN(C(=O)C1CC1)C2. The molecule has 0 radical (unpaired) electrons. The van der Waals surface area contributed by atoms with Crippen LogP contribution >= 0.6 is 0 Å². The van der Waals surface area contributed by atoms with E-state index >= 15 is 0 Å². The van der Waals surface area contributed by atoms with E-state index < -0.39 is 0 Å². The lowest BCUT2D eigenvalue weighted by atomic mass is 10.0. The van der Waals surface area contributed by atoms with Crippen LogP contribution < -0.4 is 11.2 Å². The minimum Gasteiger partial charge on any atom is -0.376 e. The number of carbonyl (C=O) groups is 2. The third-order valence-corrected chi connectivity index (χ3v) is 5.76. The van der Waals surface area contributed by atoms with Crippen LogP contribution in [0, 0.1) is 5.92 Å². The standard InChI is InChI=1S/C22H23N5O2/c23-27-17-12-26(22(29)15-6-7-15)13-18(28)19(17)20(25-16-4-2-1-3-5-16)21(27)14-8-10-24-11-9-14/h1-4,8-11,15-16,25H,5-7,12-13,23H2. The number of carbonyl (C=O) groups excluding carboxylic acids is 2. The molecule has 1 unspecified atom stereocenters. The first-order chi connectivity index (χ1) is 14.1. The number of nitrogens with two attached hydrogens (primary N) is 1. The fourth-order valence-corrected chi connectivity index (χ4v) is 4.13. The number of allylic oxidation sites excluding steroid dienone is 2. The lowest BCUT2D eigenvalue weighted by molar-refractivity contribution is -0.132. The number of anilines is 1. The molecule has 3 heterocycles. The van der Waals surface area contributed by atoms with E-state index in [-0.39, 0.29) is 30.2 Å². The van der Waals surface area contributed by atoms with Gasteiger partial charge >= 0.3 is 0 Å². The molecule has 3 N–H and O–H groups in total. The molecule has 7 heteroatoms. The number of Topliss-reactive ketones (excluding diaryl/α,β-unsaturated/α-hetero) is 1. The van der Waals surface area contributed by atoms with E-state index in [1.54, 1.807) is 22.0 Å². The van der Waals surface area contributed by atoms with E-state index in [1.807, 2.05) is 24.3 Å². The van der Waals surface area contributed by atoms with Crippen LogP contribution in [-0.2, 0) is 11.3 Å². The average Bonchev–Trinajstić information content (AvgIpc) is 3.55. The summed E-state index contributed by atoms with van der Waals surface area (Å²) < 4.78 is 1.57. The predicted octanol–water partition coefficient (Wildman–Crippen LogP) is 2.50. The maximum absolute atomic E-state index is 13.2. The molecule has 0 bridgehead atoms. The molecule has 2 aliphatic carbocycles. The Kier molecular flexibility index (Phi) is 4.23. The van der Waals surface area contributed by atoms with Crippen molar-refractivity contribution in [1.29, 1.82) is 0 Å². The van der Waals surface area contributed by atoms with Crippen molar-refractivity contribution in [2.24, 2.45) is 5.92 Å². The first kappa shape index (κ1) is 17.7. The topological polar surface area (TPSA) is 93.2 Å². The predicted molar refractivity (Wildman–Crippen MR) is 111 cm³/mol. The van der Waals surface area contributed by atoms with E-state index in [2.05, 4.69) is 22.5 Å². The van der Waals surface area contributed by atoms with Crippen LogP contribution in [0.1, 0.15) is 35.3 Å². The lowest BCUT2D eigenvalue weighted by Crippen LogP contribution is -2.41. The highest BCUT2D eigenvalue weighted by atomic mass is 16.2. The second kappa shape index (κ2) is 6.92. The molecule has 3 aliphatic rings. The molecule has 1 amide bonds. The Balaban J connectivity index is 1.60. The van der Waals surface area contributed by atoms with Crippen molar-refractivity contribution in [1.82, 2.24) is 14.6 Å². The largest absolute Gasteiger partial charge is 0.376 e. The Labute approximate surface area is 168 Å². The van der Waals surface area contributed by atoms with Crippen molar-refractivity contribution in [3.63, 3.8) is 0 Å². The van der Waals surface area contributed by atoms with Gasteiger partial charge in [0.2, 0.25) is 5.91 Å². The zero-order valence-corrected chi connectivity index (χ0v) is 16.0. The molecule has 2 aromatic heterocycles. The van der Waals surface area contributed by atoms with Gasteiger partial charge in [0.05, 0.1) is 35.7 Å². The van der Waals surface area contributed by atoms with Crippen molar-refractivity contribution in [2.45, 2.75) is 31.8 Å². The van der Waals surface area contributed by atoms with Gasteiger partial charge in [-0.1, -0.05) is 24.3 Å². The van der Waals surface area contributed by atoms with E-state index in [0.717, 1.165) is 36.2 Å². The number of nitrogens with zero attached hydrogens (tertiary/aromatic N) is 3. The summed E-state index contributed by atoms with van der Waals surface area (Å²) in [5.41, 5.74) is 3.64. The highest BCUT2D eigenvalue weighted by Gasteiger charge is 2.39. The van der Waals surface area contributed by atoms with Gasteiger partial charge in [-0.05, 0) is 31.4 Å². The van der Waals surface area contributed by atoms with Gasteiger partial charge in [-0.3, -0.25) is 19.2 Å². The maximum Gasteiger partial charge on any atom is 0.226 e. The molecule has 29 heavy (non-hydrogen) atoms. The fourth-order valence-electron chi connectivity index (χ4n) is 4.13. The molecule has 7 nitrogen and oxygen atoms in total. The molecule has 148 valence electrons. The van der Waals surface area contributed by atoms with Crippen molar-refractivity contribution in [2.75, 3.05) is 17.7 Å².